The van der Waals surface area contributed by atoms with E-state index in [1.165, 1.54) is 6.42 Å². The van der Waals surface area contributed by atoms with Crippen molar-refractivity contribution in [2.45, 2.75) is 19.3 Å². The first-order chi connectivity index (χ1) is 7.83. The minimum absolute atomic E-state index is 0.103. The van der Waals surface area contributed by atoms with Crippen molar-refractivity contribution in [3.8, 4) is 6.07 Å². The van der Waals surface area contributed by atoms with Crippen LogP contribution in [0.1, 0.15) is 19.3 Å². The van der Waals surface area contributed by atoms with Crippen LogP contribution in [0.25, 0.3) is 0 Å². The van der Waals surface area contributed by atoms with Crippen molar-refractivity contribution in [3.63, 3.8) is 0 Å². The number of nitriles is 1. The highest BCUT2D eigenvalue weighted by molar-refractivity contribution is 5.77. The van der Waals surface area contributed by atoms with Crippen LogP contribution in [0.15, 0.2) is 0 Å². The van der Waals surface area contributed by atoms with E-state index in [0.717, 1.165) is 19.5 Å². The molecule has 1 aliphatic rings. The lowest BCUT2D eigenvalue weighted by Crippen LogP contribution is -2.28. The van der Waals surface area contributed by atoms with Gasteiger partial charge in [0, 0.05) is 13.2 Å². The van der Waals surface area contributed by atoms with E-state index in [1.54, 1.807) is 0 Å². The third-order valence-corrected chi connectivity index (χ3v) is 2.62. The van der Waals surface area contributed by atoms with Gasteiger partial charge in [0.25, 0.3) is 0 Å². The molecule has 0 aromatic carbocycles. The molecule has 16 heavy (non-hydrogen) atoms. The Hall–Kier alpha value is -1.12. The van der Waals surface area contributed by atoms with E-state index in [4.69, 9.17) is 10.00 Å². The molecule has 5 heteroatoms. The molecule has 2 N–H and O–H groups in total. The number of nitrogens with zero attached hydrogens (tertiary/aromatic N) is 1. The third-order valence-electron chi connectivity index (χ3n) is 2.62. The second-order valence-electron chi connectivity index (χ2n) is 3.96. The SMILES string of the molecule is N#CCCNC(=O)COCCC1CCNC1. The van der Waals surface area contributed by atoms with Crippen LogP contribution in [-0.4, -0.2) is 38.8 Å². The summed E-state index contributed by atoms with van der Waals surface area (Å²) in [7, 11) is 0. The predicted molar refractivity (Wildman–Crippen MR) is 59.7 cm³/mol. The van der Waals surface area contributed by atoms with Crippen molar-refractivity contribution in [2.75, 3.05) is 32.8 Å². The average Bonchev–Trinajstić information content (AvgIpc) is 2.78. The van der Waals surface area contributed by atoms with E-state index in [-0.39, 0.29) is 12.5 Å². The standard InChI is InChI=1S/C11H19N3O2/c12-4-1-5-14-11(15)9-16-7-3-10-2-6-13-8-10/h10,13H,1-3,5-9H2,(H,14,15). The van der Waals surface area contributed by atoms with Gasteiger partial charge in [0.05, 0.1) is 12.5 Å². The van der Waals surface area contributed by atoms with Crippen LogP contribution >= 0.6 is 0 Å². The fourth-order valence-electron chi connectivity index (χ4n) is 1.68. The maximum Gasteiger partial charge on any atom is 0.246 e. The summed E-state index contributed by atoms with van der Waals surface area (Å²) >= 11 is 0. The molecule has 0 bridgehead atoms. The van der Waals surface area contributed by atoms with Crippen molar-refractivity contribution in [3.05, 3.63) is 0 Å². The molecule has 1 atom stereocenters. The molecule has 1 saturated heterocycles. The Kier molecular flexibility index (Phi) is 6.54. The van der Waals surface area contributed by atoms with Crippen LogP contribution in [0, 0.1) is 17.2 Å². The summed E-state index contributed by atoms with van der Waals surface area (Å²) in [6.45, 7) is 3.31. The van der Waals surface area contributed by atoms with Crippen LogP contribution in [-0.2, 0) is 9.53 Å². The Morgan fingerprint density at radius 3 is 3.19 bits per heavy atom. The Labute approximate surface area is 96.2 Å². The summed E-state index contributed by atoms with van der Waals surface area (Å²) in [6, 6.07) is 1.96. The first kappa shape index (κ1) is 12.9. The molecule has 0 aromatic heterocycles. The van der Waals surface area contributed by atoms with Crippen LogP contribution < -0.4 is 10.6 Å². The summed E-state index contributed by atoms with van der Waals surface area (Å²) in [5.74, 6) is 0.557. The van der Waals surface area contributed by atoms with Crippen LogP contribution in [0.3, 0.4) is 0 Å². The molecule has 0 radical (unpaired) electrons. The second-order valence-corrected chi connectivity index (χ2v) is 3.96. The highest BCUT2D eigenvalue weighted by Crippen LogP contribution is 2.11. The van der Waals surface area contributed by atoms with Gasteiger partial charge in [-0.25, -0.2) is 0 Å². The Morgan fingerprint density at radius 1 is 1.62 bits per heavy atom. The number of amides is 1. The molecular formula is C11H19N3O2. The van der Waals surface area contributed by atoms with Crippen molar-refractivity contribution in [1.82, 2.24) is 10.6 Å². The van der Waals surface area contributed by atoms with Gasteiger partial charge in [-0.3, -0.25) is 4.79 Å². The minimum atomic E-state index is -0.139. The first-order valence-electron chi connectivity index (χ1n) is 5.75. The smallest absolute Gasteiger partial charge is 0.246 e. The van der Waals surface area contributed by atoms with Gasteiger partial charge in [-0.15, -0.1) is 0 Å². The average molecular weight is 225 g/mol. The van der Waals surface area contributed by atoms with Crippen LogP contribution in [0.2, 0.25) is 0 Å². The summed E-state index contributed by atoms with van der Waals surface area (Å²) in [6.07, 6.45) is 2.57. The molecule has 0 spiro atoms. The number of rotatable bonds is 7. The second kappa shape index (κ2) is 8.08. The lowest BCUT2D eigenvalue weighted by molar-refractivity contribution is -0.125. The monoisotopic (exact) mass is 225 g/mol. The number of ether oxygens (including phenoxy) is 1. The normalized spacial score (nSPS) is 19.3. The zero-order valence-corrected chi connectivity index (χ0v) is 9.50. The molecule has 1 heterocycles. The van der Waals surface area contributed by atoms with Gasteiger partial charge < -0.3 is 15.4 Å². The molecule has 1 rings (SSSR count). The van der Waals surface area contributed by atoms with E-state index in [0.29, 0.717) is 25.5 Å². The van der Waals surface area contributed by atoms with E-state index in [9.17, 15) is 4.79 Å². The maximum atomic E-state index is 11.2. The van der Waals surface area contributed by atoms with E-state index in [1.807, 2.05) is 6.07 Å². The Morgan fingerprint density at radius 2 is 2.50 bits per heavy atom. The van der Waals surface area contributed by atoms with Crippen molar-refractivity contribution in [1.29, 1.82) is 5.26 Å². The molecule has 1 fully saturated rings. The minimum Gasteiger partial charge on any atom is -0.372 e. The van der Waals surface area contributed by atoms with E-state index < -0.39 is 0 Å². The lowest BCUT2D eigenvalue weighted by atomic mass is 10.1. The van der Waals surface area contributed by atoms with E-state index in [2.05, 4.69) is 10.6 Å². The van der Waals surface area contributed by atoms with Gasteiger partial charge in [0.15, 0.2) is 0 Å². The lowest BCUT2D eigenvalue weighted by Gasteiger charge is -2.08. The molecule has 90 valence electrons. The molecule has 5 nitrogen and oxygen atoms in total. The molecule has 0 saturated carbocycles. The van der Waals surface area contributed by atoms with E-state index >= 15 is 0 Å². The van der Waals surface area contributed by atoms with Crippen LogP contribution in [0.5, 0.6) is 0 Å². The highest BCUT2D eigenvalue weighted by atomic mass is 16.5. The Balaban J connectivity index is 1.90. The zero-order chi connectivity index (χ0) is 11.6. The molecule has 1 amide bonds. The molecule has 0 aliphatic carbocycles. The molecule has 0 aromatic rings. The van der Waals surface area contributed by atoms with Crippen LogP contribution in [0.4, 0.5) is 0 Å². The van der Waals surface area contributed by atoms with Gasteiger partial charge in [-0.2, -0.15) is 5.26 Å². The predicted octanol–water partition coefficient (Wildman–Crippen LogP) is 0.0325. The topological polar surface area (TPSA) is 74.2 Å². The van der Waals surface area contributed by atoms with Crippen molar-refractivity contribution in [2.24, 2.45) is 5.92 Å². The van der Waals surface area contributed by atoms with Crippen molar-refractivity contribution >= 4 is 5.91 Å². The Bertz CT molecular complexity index is 244. The van der Waals surface area contributed by atoms with Gasteiger partial charge in [-0.05, 0) is 31.8 Å². The molecular weight excluding hydrogens is 206 g/mol. The first-order valence-corrected chi connectivity index (χ1v) is 5.75. The number of carbonyl (C=O) groups is 1. The van der Waals surface area contributed by atoms with Gasteiger partial charge in [0.1, 0.15) is 6.61 Å². The summed E-state index contributed by atoms with van der Waals surface area (Å²) in [4.78, 5) is 11.2. The molecule has 1 aliphatic heterocycles. The van der Waals surface area contributed by atoms with Gasteiger partial charge in [-0.1, -0.05) is 0 Å². The number of carbonyl (C=O) groups excluding carboxylic acids is 1. The van der Waals surface area contributed by atoms with Gasteiger partial charge >= 0.3 is 0 Å². The largest absolute Gasteiger partial charge is 0.372 e. The number of hydrogen-bond acceptors (Lipinski definition) is 4. The summed E-state index contributed by atoms with van der Waals surface area (Å²) < 4.78 is 5.27. The summed E-state index contributed by atoms with van der Waals surface area (Å²) in [5, 5.41) is 14.2. The third kappa shape index (κ3) is 5.69. The number of hydrogen-bond donors (Lipinski definition) is 2. The maximum absolute atomic E-state index is 11.2. The fraction of sp³-hybridized carbons (Fsp3) is 0.818. The highest BCUT2D eigenvalue weighted by Gasteiger charge is 2.13. The quantitative estimate of drug-likeness (QED) is 0.600. The number of nitrogens with one attached hydrogen (secondary N) is 2. The summed E-state index contributed by atoms with van der Waals surface area (Å²) in [5.41, 5.74) is 0. The zero-order valence-electron chi connectivity index (χ0n) is 9.50. The van der Waals surface area contributed by atoms with Crippen molar-refractivity contribution < 1.29 is 9.53 Å². The molecule has 1 unspecified atom stereocenters. The fourth-order valence-corrected chi connectivity index (χ4v) is 1.68. The van der Waals surface area contributed by atoms with Gasteiger partial charge in [0.2, 0.25) is 5.91 Å².